The van der Waals surface area contributed by atoms with E-state index in [-0.39, 0.29) is 23.6 Å². The molecule has 1 saturated heterocycles. The van der Waals surface area contributed by atoms with Gasteiger partial charge in [0.25, 0.3) is 5.91 Å². The number of benzene rings is 1. The third-order valence-corrected chi connectivity index (χ3v) is 6.23. The summed E-state index contributed by atoms with van der Waals surface area (Å²) in [6.45, 7) is 5.15. The number of ether oxygens (including phenoxy) is 1. The Morgan fingerprint density at radius 2 is 1.90 bits per heavy atom. The molecular weight excluding hydrogens is 401 g/mol. The van der Waals surface area contributed by atoms with Gasteiger partial charge in [-0.2, -0.15) is 0 Å². The van der Waals surface area contributed by atoms with Gasteiger partial charge in [0.15, 0.2) is 9.84 Å². The molecule has 8 nitrogen and oxygen atoms in total. The van der Waals surface area contributed by atoms with E-state index < -0.39 is 45.3 Å². The number of amides is 2. The van der Waals surface area contributed by atoms with E-state index in [1.165, 1.54) is 24.3 Å². The number of hydrogen-bond acceptors (Lipinski definition) is 5. The summed E-state index contributed by atoms with van der Waals surface area (Å²) in [6.07, 6.45) is -0.521. The zero-order valence-corrected chi connectivity index (χ0v) is 17.2. The smallest absolute Gasteiger partial charge is 0.407 e. The maximum absolute atomic E-state index is 13.4. The first-order valence-corrected chi connectivity index (χ1v) is 11.0. The first-order chi connectivity index (χ1) is 13.4. The average molecular weight is 425 g/mol. The molecule has 2 atom stereocenters. The number of carbonyl (C=O) groups is 2. The van der Waals surface area contributed by atoms with E-state index in [1.807, 2.05) is 0 Å². The second-order valence-electron chi connectivity index (χ2n) is 8.15. The van der Waals surface area contributed by atoms with Gasteiger partial charge in [-0.25, -0.2) is 17.6 Å². The van der Waals surface area contributed by atoms with Crippen LogP contribution < -0.4 is 10.6 Å². The molecule has 3 rings (SSSR count). The van der Waals surface area contributed by atoms with Crippen LogP contribution in [0.4, 0.5) is 9.18 Å². The molecule has 29 heavy (non-hydrogen) atoms. The molecule has 10 heteroatoms. The highest BCUT2D eigenvalue weighted by molar-refractivity contribution is 7.91. The molecule has 2 aromatic rings. The third-order valence-electron chi connectivity index (χ3n) is 4.51. The second kappa shape index (κ2) is 7.66. The zero-order chi connectivity index (χ0) is 21.4. The molecule has 3 N–H and O–H groups in total. The van der Waals surface area contributed by atoms with Crippen LogP contribution in [0.2, 0.25) is 0 Å². The van der Waals surface area contributed by atoms with Crippen LogP contribution in [0.3, 0.4) is 0 Å². The van der Waals surface area contributed by atoms with E-state index in [1.54, 1.807) is 20.8 Å². The van der Waals surface area contributed by atoms with Gasteiger partial charge in [-0.15, -0.1) is 0 Å². The fourth-order valence-corrected chi connectivity index (χ4v) is 4.87. The Morgan fingerprint density at radius 1 is 1.17 bits per heavy atom. The van der Waals surface area contributed by atoms with Gasteiger partial charge in [0.1, 0.15) is 17.1 Å². The quantitative estimate of drug-likeness (QED) is 0.696. The van der Waals surface area contributed by atoms with Crippen molar-refractivity contribution in [3.63, 3.8) is 0 Å². The zero-order valence-electron chi connectivity index (χ0n) is 16.4. The van der Waals surface area contributed by atoms with Crippen molar-refractivity contribution >= 4 is 32.7 Å². The number of carbonyl (C=O) groups excluding carboxylic acids is 2. The van der Waals surface area contributed by atoms with Crippen molar-refractivity contribution in [3.8, 4) is 0 Å². The second-order valence-corrected chi connectivity index (χ2v) is 10.4. The molecule has 158 valence electrons. The molecule has 1 aromatic carbocycles. The molecule has 0 aliphatic carbocycles. The molecule has 2 heterocycles. The molecule has 1 aromatic heterocycles. The standard InChI is InChI=1S/C19H24FN3O5S/c1-19(2,3)28-18(25)23-14-6-7-29(26,27)10-16(14)22-17(24)15-9-11-8-12(20)4-5-13(11)21-15/h4-5,8-9,14,16,21H,6-7,10H2,1-3H3,(H,22,24)(H,23,25)/t14-,16+/m1/s1. The lowest BCUT2D eigenvalue weighted by atomic mass is 10.1. The van der Waals surface area contributed by atoms with E-state index in [4.69, 9.17) is 4.74 Å². The Kier molecular flexibility index (Phi) is 5.57. The highest BCUT2D eigenvalue weighted by Gasteiger charge is 2.36. The van der Waals surface area contributed by atoms with Crippen LogP contribution in [0, 0.1) is 5.82 Å². The molecule has 1 fully saturated rings. The first kappa shape index (κ1) is 21.1. The van der Waals surface area contributed by atoms with Gasteiger partial charge in [-0.1, -0.05) is 0 Å². The highest BCUT2D eigenvalue weighted by Crippen LogP contribution is 2.19. The van der Waals surface area contributed by atoms with Crippen LogP contribution in [0.15, 0.2) is 24.3 Å². The van der Waals surface area contributed by atoms with Gasteiger partial charge in [0.2, 0.25) is 0 Å². The van der Waals surface area contributed by atoms with Crippen molar-refractivity contribution in [3.05, 3.63) is 35.8 Å². The number of fused-ring (bicyclic) bond motifs is 1. The van der Waals surface area contributed by atoms with E-state index >= 15 is 0 Å². The normalized spacial score (nSPS) is 21.5. The summed E-state index contributed by atoms with van der Waals surface area (Å²) in [6, 6.07) is 4.15. The van der Waals surface area contributed by atoms with Crippen molar-refractivity contribution in [1.82, 2.24) is 15.6 Å². The monoisotopic (exact) mass is 425 g/mol. The summed E-state index contributed by atoms with van der Waals surface area (Å²) in [5.41, 5.74) is 0.0456. The Balaban J connectivity index is 1.76. The first-order valence-electron chi connectivity index (χ1n) is 9.21. The van der Waals surface area contributed by atoms with Gasteiger partial charge in [0.05, 0.1) is 23.6 Å². The molecule has 1 aliphatic heterocycles. The maximum Gasteiger partial charge on any atom is 0.407 e. The summed E-state index contributed by atoms with van der Waals surface area (Å²) >= 11 is 0. The highest BCUT2D eigenvalue weighted by atomic mass is 32.2. The third kappa shape index (κ3) is 5.47. The number of rotatable bonds is 3. The Hall–Kier alpha value is -2.62. The lowest BCUT2D eigenvalue weighted by molar-refractivity contribution is 0.0488. The van der Waals surface area contributed by atoms with Crippen molar-refractivity contribution in [2.24, 2.45) is 0 Å². The van der Waals surface area contributed by atoms with Crippen LogP contribution in [0.25, 0.3) is 10.9 Å². The van der Waals surface area contributed by atoms with Gasteiger partial charge in [-0.3, -0.25) is 4.79 Å². The Bertz CT molecular complexity index is 1040. The summed E-state index contributed by atoms with van der Waals surface area (Å²) in [7, 11) is -3.36. The maximum atomic E-state index is 13.4. The number of H-pyrrole nitrogens is 1. The van der Waals surface area contributed by atoms with Crippen molar-refractivity contribution in [2.45, 2.75) is 44.9 Å². The molecule has 0 bridgehead atoms. The van der Waals surface area contributed by atoms with Crippen LogP contribution in [-0.4, -0.2) is 54.6 Å². The van der Waals surface area contributed by atoms with Gasteiger partial charge in [0, 0.05) is 10.9 Å². The molecule has 0 unspecified atom stereocenters. The van der Waals surface area contributed by atoms with Gasteiger partial charge in [-0.05, 0) is 51.5 Å². The van der Waals surface area contributed by atoms with Gasteiger partial charge >= 0.3 is 6.09 Å². The van der Waals surface area contributed by atoms with Crippen LogP contribution in [0.1, 0.15) is 37.7 Å². The fourth-order valence-electron chi connectivity index (χ4n) is 3.23. The predicted molar refractivity (Wildman–Crippen MR) is 106 cm³/mol. The number of alkyl carbamates (subject to hydrolysis) is 1. The number of aromatic amines is 1. The number of halogens is 1. The number of hydrogen-bond donors (Lipinski definition) is 3. The van der Waals surface area contributed by atoms with Crippen LogP contribution >= 0.6 is 0 Å². The van der Waals surface area contributed by atoms with E-state index in [2.05, 4.69) is 15.6 Å². The number of aromatic nitrogens is 1. The molecule has 0 radical (unpaired) electrons. The SMILES string of the molecule is CC(C)(C)OC(=O)N[C@@H]1CCS(=O)(=O)C[C@@H]1NC(=O)c1cc2cc(F)ccc2[nH]1. The summed E-state index contributed by atoms with van der Waals surface area (Å²) in [5, 5.41) is 5.85. The number of sulfone groups is 1. The number of nitrogens with one attached hydrogen (secondary N) is 3. The Labute approximate surface area is 168 Å². The van der Waals surface area contributed by atoms with E-state index in [0.29, 0.717) is 10.9 Å². The van der Waals surface area contributed by atoms with Crippen molar-refractivity contribution in [1.29, 1.82) is 0 Å². The Morgan fingerprint density at radius 3 is 2.59 bits per heavy atom. The minimum Gasteiger partial charge on any atom is -0.444 e. The molecule has 0 spiro atoms. The predicted octanol–water partition coefficient (Wildman–Crippen LogP) is 2.12. The average Bonchev–Trinajstić information content (AvgIpc) is 2.98. The minimum absolute atomic E-state index is 0.0918. The lowest BCUT2D eigenvalue weighted by Gasteiger charge is -2.33. The largest absolute Gasteiger partial charge is 0.444 e. The summed E-state index contributed by atoms with van der Waals surface area (Å²) in [5.74, 6) is -1.36. The molecule has 1 aliphatic rings. The minimum atomic E-state index is -3.36. The molecule has 2 amide bonds. The lowest BCUT2D eigenvalue weighted by Crippen LogP contribution is -2.58. The van der Waals surface area contributed by atoms with Crippen molar-refractivity contribution in [2.75, 3.05) is 11.5 Å². The molecular formula is C19H24FN3O5S. The van der Waals surface area contributed by atoms with Crippen molar-refractivity contribution < 1.29 is 27.1 Å². The summed E-state index contributed by atoms with van der Waals surface area (Å²) in [4.78, 5) is 27.6. The topological polar surface area (TPSA) is 117 Å². The molecule has 0 saturated carbocycles. The van der Waals surface area contributed by atoms with Crippen LogP contribution in [-0.2, 0) is 14.6 Å². The van der Waals surface area contributed by atoms with Gasteiger partial charge < -0.3 is 20.4 Å². The van der Waals surface area contributed by atoms with Crippen LogP contribution in [0.5, 0.6) is 0 Å². The fraction of sp³-hybridized carbons (Fsp3) is 0.474. The van der Waals surface area contributed by atoms with E-state index in [0.717, 1.165) is 0 Å². The van der Waals surface area contributed by atoms with E-state index in [9.17, 15) is 22.4 Å². The summed E-state index contributed by atoms with van der Waals surface area (Å²) < 4.78 is 42.7.